The van der Waals surface area contributed by atoms with E-state index in [-0.39, 0.29) is 0 Å². The zero-order valence-electron chi connectivity index (χ0n) is 10.7. The molecule has 0 bridgehead atoms. The Balaban J connectivity index is 1.85. The van der Waals surface area contributed by atoms with Crippen molar-refractivity contribution in [2.45, 2.75) is 13.5 Å². The highest BCUT2D eigenvalue weighted by Crippen LogP contribution is 2.19. The fourth-order valence-corrected chi connectivity index (χ4v) is 2.69. The van der Waals surface area contributed by atoms with E-state index in [1.807, 2.05) is 37.3 Å². The number of hydrogen-bond acceptors (Lipinski definition) is 3. The molecule has 96 valence electrons. The maximum atomic E-state index is 4.54. The van der Waals surface area contributed by atoms with Crippen LogP contribution in [0.1, 0.15) is 10.6 Å². The van der Waals surface area contributed by atoms with Crippen LogP contribution in [0, 0.1) is 6.92 Å². The van der Waals surface area contributed by atoms with Gasteiger partial charge in [0.25, 0.3) is 0 Å². The predicted molar refractivity (Wildman–Crippen MR) is 80.1 cm³/mol. The van der Waals surface area contributed by atoms with Crippen molar-refractivity contribution < 1.29 is 0 Å². The van der Waals surface area contributed by atoms with Gasteiger partial charge in [0.1, 0.15) is 0 Å². The summed E-state index contributed by atoms with van der Waals surface area (Å²) in [5, 5.41) is 5.46. The monoisotopic (exact) mass is 269 g/mol. The first-order valence-corrected chi connectivity index (χ1v) is 7.07. The summed E-state index contributed by atoms with van der Waals surface area (Å²) in [6.45, 7) is 2.87. The first kappa shape index (κ1) is 12.0. The molecule has 3 rings (SSSR count). The smallest absolute Gasteiger partial charge is 0.207 e. The molecule has 0 saturated heterocycles. The minimum Gasteiger partial charge on any atom is -0.326 e. The molecule has 0 saturated carbocycles. The maximum absolute atomic E-state index is 4.54. The van der Waals surface area contributed by atoms with E-state index in [9.17, 15) is 0 Å². The molecule has 19 heavy (non-hydrogen) atoms. The normalized spacial score (nSPS) is 10.6. The number of benzene rings is 1. The van der Waals surface area contributed by atoms with Gasteiger partial charge < -0.3 is 9.88 Å². The number of aromatic nitrogens is 2. The minimum atomic E-state index is 0.855. The number of thiophene rings is 1. The number of imidazole rings is 1. The van der Waals surface area contributed by atoms with Crippen LogP contribution in [-0.4, -0.2) is 9.55 Å². The standard InChI is InChI=1S/C15H15N3S/c1-12-10-18(11-14-8-5-9-19-14)15(16-12)17-13-6-3-2-4-7-13/h2-10H,11H2,1H3,(H,16,17). The van der Waals surface area contributed by atoms with E-state index in [1.165, 1.54) is 4.88 Å². The third-order valence-corrected chi connectivity index (χ3v) is 3.69. The van der Waals surface area contributed by atoms with Crippen molar-refractivity contribution >= 4 is 23.0 Å². The summed E-state index contributed by atoms with van der Waals surface area (Å²) in [5.41, 5.74) is 2.08. The molecule has 0 spiro atoms. The van der Waals surface area contributed by atoms with E-state index in [2.05, 4.69) is 38.6 Å². The van der Waals surface area contributed by atoms with Crippen LogP contribution >= 0.6 is 11.3 Å². The van der Waals surface area contributed by atoms with Crippen molar-refractivity contribution in [2.24, 2.45) is 0 Å². The van der Waals surface area contributed by atoms with Crippen molar-refractivity contribution in [1.82, 2.24) is 9.55 Å². The summed E-state index contributed by atoms with van der Waals surface area (Å²) in [7, 11) is 0. The molecule has 4 heteroatoms. The first-order valence-electron chi connectivity index (χ1n) is 6.19. The van der Waals surface area contributed by atoms with E-state index in [0.29, 0.717) is 0 Å². The third-order valence-electron chi connectivity index (χ3n) is 2.83. The average molecular weight is 269 g/mol. The molecule has 2 aromatic heterocycles. The molecule has 0 aliphatic carbocycles. The lowest BCUT2D eigenvalue weighted by atomic mass is 10.3. The fourth-order valence-electron chi connectivity index (χ4n) is 1.99. The van der Waals surface area contributed by atoms with Gasteiger partial charge in [-0.05, 0) is 30.5 Å². The molecule has 1 aromatic carbocycles. The molecule has 3 nitrogen and oxygen atoms in total. The van der Waals surface area contributed by atoms with Gasteiger partial charge in [0, 0.05) is 16.8 Å². The average Bonchev–Trinajstić information content (AvgIpc) is 3.02. The van der Waals surface area contributed by atoms with Crippen molar-refractivity contribution in [2.75, 3.05) is 5.32 Å². The predicted octanol–water partition coefficient (Wildman–Crippen LogP) is 4.04. The molecule has 3 aromatic rings. The van der Waals surface area contributed by atoms with Gasteiger partial charge in [-0.15, -0.1) is 11.3 Å². The number of hydrogen-bond donors (Lipinski definition) is 1. The highest BCUT2D eigenvalue weighted by molar-refractivity contribution is 7.09. The van der Waals surface area contributed by atoms with E-state index < -0.39 is 0 Å². The molecule has 0 radical (unpaired) electrons. The maximum Gasteiger partial charge on any atom is 0.207 e. The highest BCUT2D eigenvalue weighted by atomic mass is 32.1. The lowest BCUT2D eigenvalue weighted by Crippen LogP contribution is -2.03. The summed E-state index contributed by atoms with van der Waals surface area (Å²) < 4.78 is 2.15. The Morgan fingerprint density at radius 1 is 1.16 bits per heavy atom. The van der Waals surface area contributed by atoms with Gasteiger partial charge in [-0.25, -0.2) is 4.98 Å². The number of rotatable bonds is 4. The van der Waals surface area contributed by atoms with Crippen LogP contribution in [0.5, 0.6) is 0 Å². The van der Waals surface area contributed by atoms with Crippen LogP contribution < -0.4 is 5.32 Å². The van der Waals surface area contributed by atoms with Gasteiger partial charge in [0.05, 0.1) is 12.2 Å². The molecular formula is C15H15N3S. The van der Waals surface area contributed by atoms with Crippen LogP contribution in [0.2, 0.25) is 0 Å². The van der Waals surface area contributed by atoms with Gasteiger partial charge in [-0.3, -0.25) is 0 Å². The van der Waals surface area contributed by atoms with E-state index in [4.69, 9.17) is 0 Å². The lowest BCUT2D eigenvalue weighted by Gasteiger charge is -2.08. The van der Waals surface area contributed by atoms with Crippen molar-refractivity contribution in [3.05, 3.63) is 64.6 Å². The van der Waals surface area contributed by atoms with Crippen molar-refractivity contribution in [3.63, 3.8) is 0 Å². The molecule has 1 N–H and O–H groups in total. The molecule has 0 aliphatic heterocycles. The van der Waals surface area contributed by atoms with Crippen LogP contribution in [0.4, 0.5) is 11.6 Å². The van der Waals surface area contributed by atoms with E-state index in [0.717, 1.165) is 23.9 Å². The largest absolute Gasteiger partial charge is 0.326 e. The zero-order chi connectivity index (χ0) is 13.1. The van der Waals surface area contributed by atoms with Gasteiger partial charge >= 0.3 is 0 Å². The van der Waals surface area contributed by atoms with Crippen LogP contribution in [0.15, 0.2) is 54.0 Å². The highest BCUT2D eigenvalue weighted by Gasteiger charge is 2.06. The number of anilines is 2. The second-order valence-electron chi connectivity index (χ2n) is 4.40. The second-order valence-corrected chi connectivity index (χ2v) is 5.44. The van der Waals surface area contributed by atoms with Gasteiger partial charge in [-0.1, -0.05) is 24.3 Å². The molecular weight excluding hydrogens is 254 g/mol. The zero-order valence-corrected chi connectivity index (χ0v) is 11.5. The Hall–Kier alpha value is -2.07. The number of aryl methyl sites for hydroxylation is 1. The molecule has 0 amide bonds. The Labute approximate surface area is 116 Å². The molecule has 2 heterocycles. The quantitative estimate of drug-likeness (QED) is 0.774. The number of nitrogens with one attached hydrogen (secondary N) is 1. The van der Waals surface area contributed by atoms with Crippen molar-refractivity contribution in [3.8, 4) is 0 Å². The van der Waals surface area contributed by atoms with Gasteiger partial charge in [0.2, 0.25) is 5.95 Å². The third kappa shape index (κ3) is 2.85. The van der Waals surface area contributed by atoms with Gasteiger partial charge in [-0.2, -0.15) is 0 Å². The molecule has 0 fully saturated rings. The summed E-state index contributed by atoms with van der Waals surface area (Å²) >= 11 is 1.77. The Morgan fingerprint density at radius 2 is 2.00 bits per heavy atom. The Morgan fingerprint density at radius 3 is 2.74 bits per heavy atom. The Kier molecular flexibility index (Phi) is 3.33. The lowest BCUT2D eigenvalue weighted by molar-refractivity contribution is 0.820. The second kappa shape index (κ2) is 5.28. The van der Waals surface area contributed by atoms with E-state index >= 15 is 0 Å². The number of nitrogens with zero attached hydrogens (tertiary/aromatic N) is 2. The minimum absolute atomic E-state index is 0.855. The Bertz CT molecular complexity index is 641. The van der Waals surface area contributed by atoms with Crippen LogP contribution in [0.3, 0.4) is 0 Å². The molecule has 0 atom stereocenters. The molecule has 0 unspecified atom stereocenters. The van der Waals surface area contributed by atoms with Crippen LogP contribution in [0.25, 0.3) is 0 Å². The van der Waals surface area contributed by atoms with E-state index in [1.54, 1.807) is 11.3 Å². The first-order chi connectivity index (χ1) is 9.31. The summed E-state index contributed by atoms with van der Waals surface area (Å²) in [4.78, 5) is 5.87. The molecule has 0 aliphatic rings. The topological polar surface area (TPSA) is 29.9 Å². The summed E-state index contributed by atoms with van der Waals surface area (Å²) in [6.07, 6.45) is 2.07. The van der Waals surface area contributed by atoms with Crippen LogP contribution in [-0.2, 0) is 6.54 Å². The fraction of sp³-hybridized carbons (Fsp3) is 0.133. The summed E-state index contributed by atoms with van der Waals surface area (Å²) in [6, 6.07) is 14.3. The van der Waals surface area contributed by atoms with Crippen molar-refractivity contribution in [1.29, 1.82) is 0 Å². The summed E-state index contributed by atoms with van der Waals surface area (Å²) in [5.74, 6) is 0.886. The van der Waals surface area contributed by atoms with Gasteiger partial charge in [0.15, 0.2) is 0 Å². The number of para-hydroxylation sites is 1. The SMILES string of the molecule is Cc1cn(Cc2cccs2)c(Nc2ccccc2)n1.